The zero-order chi connectivity index (χ0) is 13.7. The Kier molecular flexibility index (Phi) is 4.07. The van der Waals surface area contributed by atoms with Gasteiger partial charge in [-0.1, -0.05) is 6.08 Å². The molecule has 4 heteroatoms. The molecule has 92 valence electrons. The first-order valence-electron chi connectivity index (χ1n) is 5.75. The lowest BCUT2D eigenvalue weighted by Crippen LogP contribution is -2.25. The summed E-state index contributed by atoms with van der Waals surface area (Å²) in [5.41, 5.74) is 1.12. The van der Waals surface area contributed by atoms with Crippen LogP contribution < -0.4 is 4.57 Å². The number of pyridine rings is 1. The van der Waals surface area contributed by atoms with Gasteiger partial charge in [0.1, 0.15) is 7.05 Å². The van der Waals surface area contributed by atoms with E-state index < -0.39 is 5.92 Å². The minimum absolute atomic E-state index is 0.664. The van der Waals surface area contributed by atoms with Crippen molar-refractivity contribution < 1.29 is 4.57 Å². The molecule has 2 heterocycles. The third-order valence-corrected chi connectivity index (χ3v) is 3.75. The molecule has 0 radical (unpaired) electrons. The topological polar surface area (TPSA) is 51.5 Å². The number of hydrogen-bond donors (Lipinski definition) is 0. The number of hydrogen-bond acceptors (Lipinski definition) is 3. The second-order valence-electron chi connectivity index (χ2n) is 4.06. The average molecular weight is 266 g/mol. The number of thiophene rings is 1. The van der Waals surface area contributed by atoms with Crippen molar-refractivity contribution in [3.8, 4) is 12.1 Å². The van der Waals surface area contributed by atoms with Crippen molar-refractivity contribution in [2.24, 2.45) is 7.05 Å². The lowest BCUT2D eigenvalue weighted by molar-refractivity contribution is -0.671. The van der Waals surface area contributed by atoms with Gasteiger partial charge in [0.05, 0.1) is 12.1 Å². The number of aryl methyl sites for hydroxylation is 1. The molecule has 0 aliphatic rings. The number of nitriles is 2. The number of nitrogens with zero attached hydrogens (tertiary/aromatic N) is 3. The first-order valence-corrected chi connectivity index (χ1v) is 6.57. The third kappa shape index (κ3) is 3.28. The molecule has 0 amide bonds. The Hall–Kier alpha value is -2.43. The van der Waals surface area contributed by atoms with Gasteiger partial charge in [0.2, 0.25) is 0 Å². The highest BCUT2D eigenvalue weighted by atomic mass is 32.1. The van der Waals surface area contributed by atoms with Crippen LogP contribution in [-0.2, 0) is 7.05 Å². The summed E-state index contributed by atoms with van der Waals surface area (Å²) < 4.78 is 1.98. The molecule has 0 aliphatic heterocycles. The van der Waals surface area contributed by atoms with Crippen molar-refractivity contribution in [2.45, 2.75) is 5.92 Å². The van der Waals surface area contributed by atoms with E-state index >= 15 is 0 Å². The molecule has 0 aromatic carbocycles. The van der Waals surface area contributed by atoms with E-state index in [0.29, 0.717) is 0 Å². The normalized spacial score (nSPS) is 10.5. The zero-order valence-corrected chi connectivity index (χ0v) is 11.3. The van der Waals surface area contributed by atoms with Crippen molar-refractivity contribution in [1.29, 1.82) is 10.5 Å². The molecule has 0 bridgehead atoms. The Bertz CT molecular complexity index is 655. The minimum Gasteiger partial charge on any atom is -0.208 e. The first-order chi connectivity index (χ1) is 9.22. The molecule has 2 aromatic rings. The van der Waals surface area contributed by atoms with Crippen LogP contribution in [0.1, 0.15) is 21.2 Å². The van der Waals surface area contributed by atoms with Crippen molar-refractivity contribution in [3.05, 3.63) is 52.0 Å². The quantitative estimate of drug-likeness (QED) is 0.802. The highest BCUT2D eigenvalue weighted by Crippen LogP contribution is 2.25. The van der Waals surface area contributed by atoms with Gasteiger partial charge in [0.25, 0.3) is 0 Å². The standard InChI is InChI=1S/C15H12N3S/c1-18-8-6-12(7-9-18)2-3-14-4-5-15(19-14)13(10-16)11-17/h2-9,13H,1H3/q+1/b3-2+. The summed E-state index contributed by atoms with van der Waals surface area (Å²) in [5, 5.41) is 17.7. The molecule has 0 spiro atoms. The Labute approximate surface area is 116 Å². The van der Waals surface area contributed by atoms with Crippen LogP contribution in [0.5, 0.6) is 0 Å². The van der Waals surface area contributed by atoms with E-state index in [2.05, 4.69) is 0 Å². The molecular formula is C15H12N3S+. The maximum Gasteiger partial charge on any atom is 0.169 e. The van der Waals surface area contributed by atoms with Gasteiger partial charge in [0, 0.05) is 21.9 Å². The lowest BCUT2D eigenvalue weighted by atomic mass is 10.1. The fourth-order valence-corrected chi connectivity index (χ4v) is 2.47. The summed E-state index contributed by atoms with van der Waals surface area (Å²) in [6.07, 6.45) is 7.99. The second-order valence-corrected chi connectivity index (χ2v) is 5.21. The van der Waals surface area contributed by atoms with Crippen LogP contribution in [-0.4, -0.2) is 0 Å². The molecule has 19 heavy (non-hydrogen) atoms. The van der Waals surface area contributed by atoms with E-state index in [1.807, 2.05) is 72.6 Å². The van der Waals surface area contributed by atoms with Gasteiger partial charge in [-0.15, -0.1) is 11.3 Å². The number of aromatic nitrogens is 1. The summed E-state index contributed by atoms with van der Waals surface area (Å²) >= 11 is 1.48. The summed E-state index contributed by atoms with van der Waals surface area (Å²) in [4.78, 5) is 1.84. The molecule has 2 aromatic heterocycles. The van der Waals surface area contributed by atoms with Crippen LogP contribution in [0.25, 0.3) is 12.2 Å². The summed E-state index contributed by atoms with van der Waals surface area (Å²) in [5.74, 6) is -0.664. The minimum atomic E-state index is -0.664. The molecule has 0 saturated carbocycles. The maximum atomic E-state index is 8.84. The molecule has 0 unspecified atom stereocenters. The number of rotatable bonds is 3. The van der Waals surface area contributed by atoms with Gasteiger partial charge in [-0.3, -0.25) is 0 Å². The molecule has 0 aliphatic carbocycles. The van der Waals surface area contributed by atoms with Crippen LogP contribution >= 0.6 is 11.3 Å². The van der Waals surface area contributed by atoms with Crippen LogP contribution in [0.15, 0.2) is 36.7 Å². The van der Waals surface area contributed by atoms with E-state index in [1.165, 1.54) is 11.3 Å². The van der Waals surface area contributed by atoms with Gasteiger partial charge in [-0.05, 0) is 23.8 Å². The predicted octanol–water partition coefficient (Wildman–Crippen LogP) is 2.87. The molecular weight excluding hydrogens is 254 g/mol. The predicted molar refractivity (Wildman–Crippen MR) is 74.8 cm³/mol. The monoisotopic (exact) mass is 266 g/mol. The van der Waals surface area contributed by atoms with Crippen LogP contribution in [0.3, 0.4) is 0 Å². The SMILES string of the molecule is C[n+]1ccc(/C=C/c2ccc(C(C#N)C#N)s2)cc1. The van der Waals surface area contributed by atoms with E-state index in [4.69, 9.17) is 10.5 Å². The summed E-state index contributed by atoms with van der Waals surface area (Å²) in [6, 6.07) is 11.8. The second kappa shape index (κ2) is 5.95. The molecule has 0 saturated heterocycles. The fraction of sp³-hybridized carbons (Fsp3) is 0.133. The zero-order valence-electron chi connectivity index (χ0n) is 10.4. The summed E-state index contributed by atoms with van der Waals surface area (Å²) in [7, 11) is 1.98. The fourth-order valence-electron chi connectivity index (χ4n) is 1.57. The van der Waals surface area contributed by atoms with Gasteiger partial charge >= 0.3 is 0 Å². The first kappa shape index (κ1) is 13.0. The van der Waals surface area contributed by atoms with Gasteiger partial charge in [-0.2, -0.15) is 10.5 Å². The average Bonchev–Trinajstić information content (AvgIpc) is 2.88. The van der Waals surface area contributed by atoms with Crippen molar-refractivity contribution in [3.63, 3.8) is 0 Å². The highest BCUT2D eigenvalue weighted by Gasteiger charge is 2.10. The van der Waals surface area contributed by atoms with Gasteiger partial charge in [-0.25, -0.2) is 4.57 Å². The van der Waals surface area contributed by atoms with Crippen molar-refractivity contribution >= 4 is 23.5 Å². The van der Waals surface area contributed by atoms with E-state index in [9.17, 15) is 0 Å². The van der Waals surface area contributed by atoms with Crippen LogP contribution in [0.2, 0.25) is 0 Å². The maximum absolute atomic E-state index is 8.84. The Morgan fingerprint density at radius 3 is 2.42 bits per heavy atom. The van der Waals surface area contributed by atoms with Crippen molar-refractivity contribution in [2.75, 3.05) is 0 Å². The summed E-state index contributed by atoms with van der Waals surface area (Å²) in [6.45, 7) is 0. The lowest BCUT2D eigenvalue weighted by Gasteiger charge is -1.92. The molecule has 0 fully saturated rings. The smallest absolute Gasteiger partial charge is 0.169 e. The van der Waals surface area contributed by atoms with Crippen LogP contribution in [0.4, 0.5) is 0 Å². The Morgan fingerprint density at radius 1 is 1.11 bits per heavy atom. The molecule has 2 rings (SSSR count). The van der Waals surface area contributed by atoms with Gasteiger partial charge in [0.15, 0.2) is 18.3 Å². The van der Waals surface area contributed by atoms with Gasteiger partial charge < -0.3 is 0 Å². The van der Waals surface area contributed by atoms with E-state index in [-0.39, 0.29) is 0 Å². The van der Waals surface area contributed by atoms with E-state index in [1.54, 1.807) is 0 Å². The molecule has 0 atom stereocenters. The van der Waals surface area contributed by atoms with E-state index in [0.717, 1.165) is 15.3 Å². The Morgan fingerprint density at radius 2 is 1.79 bits per heavy atom. The van der Waals surface area contributed by atoms with Crippen molar-refractivity contribution in [1.82, 2.24) is 0 Å². The Balaban J connectivity index is 2.14. The largest absolute Gasteiger partial charge is 0.208 e. The third-order valence-electron chi connectivity index (χ3n) is 2.63. The molecule has 3 nitrogen and oxygen atoms in total. The van der Waals surface area contributed by atoms with Crippen LogP contribution in [0, 0.1) is 22.7 Å². The molecule has 0 N–H and O–H groups in total. The highest BCUT2D eigenvalue weighted by molar-refractivity contribution is 7.13.